The first kappa shape index (κ1) is 30.1. The lowest BCUT2D eigenvalue weighted by molar-refractivity contribution is -0.134. The minimum atomic E-state index is -0.325. The summed E-state index contributed by atoms with van der Waals surface area (Å²) in [6, 6.07) is 23.4. The predicted octanol–water partition coefficient (Wildman–Crippen LogP) is 9.14. The Bertz CT molecular complexity index is 1130. The maximum absolute atomic E-state index is 12.4. The SMILES string of the molecule is CCCCCCCCCCc1ccc(CCC(=O)Oc2ccc(-c3ccc(C(=O)OC(C)C)cc3)cc2)cc1. The minimum absolute atomic E-state index is 0.151. The van der Waals surface area contributed by atoms with Crippen molar-refractivity contribution >= 4 is 11.9 Å². The van der Waals surface area contributed by atoms with Crippen molar-refractivity contribution in [3.05, 3.63) is 89.5 Å². The van der Waals surface area contributed by atoms with Crippen LogP contribution in [0, 0.1) is 0 Å². The van der Waals surface area contributed by atoms with E-state index in [2.05, 4.69) is 31.2 Å². The lowest BCUT2D eigenvalue weighted by Crippen LogP contribution is -2.11. The van der Waals surface area contributed by atoms with E-state index in [1.54, 1.807) is 24.3 Å². The van der Waals surface area contributed by atoms with E-state index in [4.69, 9.17) is 9.47 Å². The summed E-state index contributed by atoms with van der Waals surface area (Å²) >= 11 is 0. The molecule has 0 bridgehead atoms. The number of unbranched alkanes of at least 4 members (excludes halogenated alkanes) is 7. The van der Waals surface area contributed by atoms with Gasteiger partial charge in [-0.25, -0.2) is 4.79 Å². The van der Waals surface area contributed by atoms with E-state index in [-0.39, 0.29) is 18.0 Å². The highest BCUT2D eigenvalue weighted by atomic mass is 16.5. The van der Waals surface area contributed by atoms with Crippen LogP contribution >= 0.6 is 0 Å². The van der Waals surface area contributed by atoms with Gasteiger partial charge in [0.05, 0.1) is 11.7 Å². The lowest BCUT2D eigenvalue weighted by atomic mass is 10.0. The van der Waals surface area contributed by atoms with Crippen LogP contribution in [-0.4, -0.2) is 18.0 Å². The highest BCUT2D eigenvalue weighted by Gasteiger charge is 2.10. The van der Waals surface area contributed by atoms with Gasteiger partial charge in [-0.1, -0.05) is 100 Å². The Morgan fingerprint density at radius 3 is 1.72 bits per heavy atom. The van der Waals surface area contributed by atoms with Crippen LogP contribution in [0.1, 0.15) is 100 Å². The molecule has 0 radical (unpaired) electrons. The smallest absolute Gasteiger partial charge is 0.338 e. The Balaban J connectivity index is 1.37. The van der Waals surface area contributed by atoms with Gasteiger partial charge in [-0.3, -0.25) is 4.79 Å². The van der Waals surface area contributed by atoms with Gasteiger partial charge in [0, 0.05) is 6.42 Å². The molecule has 0 fully saturated rings. The normalized spacial score (nSPS) is 11.0. The van der Waals surface area contributed by atoms with Crippen LogP contribution in [0.5, 0.6) is 5.75 Å². The first-order chi connectivity index (χ1) is 18.9. The van der Waals surface area contributed by atoms with Crippen LogP contribution in [0.3, 0.4) is 0 Å². The molecule has 0 saturated heterocycles. The lowest BCUT2D eigenvalue weighted by Gasteiger charge is -2.09. The third-order valence-electron chi connectivity index (χ3n) is 6.84. The van der Waals surface area contributed by atoms with Crippen LogP contribution in [-0.2, 0) is 22.4 Å². The molecular formula is C35H44O4. The Labute approximate surface area is 234 Å². The van der Waals surface area contributed by atoms with Crippen molar-refractivity contribution in [3.8, 4) is 16.9 Å². The average Bonchev–Trinajstić information content (AvgIpc) is 2.94. The molecule has 0 aromatic heterocycles. The van der Waals surface area contributed by atoms with Gasteiger partial charge in [-0.05, 0) is 79.6 Å². The van der Waals surface area contributed by atoms with Gasteiger partial charge in [0.15, 0.2) is 0 Å². The molecule has 0 amide bonds. The van der Waals surface area contributed by atoms with Crippen LogP contribution < -0.4 is 4.74 Å². The fourth-order valence-electron chi connectivity index (χ4n) is 4.56. The van der Waals surface area contributed by atoms with E-state index in [9.17, 15) is 9.59 Å². The Hall–Kier alpha value is -3.40. The van der Waals surface area contributed by atoms with Crippen molar-refractivity contribution in [3.63, 3.8) is 0 Å². The second-order valence-electron chi connectivity index (χ2n) is 10.6. The first-order valence-corrected chi connectivity index (χ1v) is 14.6. The van der Waals surface area contributed by atoms with Crippen LogP contribution in [0.15, 0.2) is 72.8 Å². The molecule has 4 nitrogen and oxygen atoms in total. The minimum Gasteiger partial charge on any atom is -0.459 e. The van der Waals surface area contributed by atoms with Gasteiger partial charge >= 0.3 is 11.9 Å². The Morgan fingerprint density at radius 1 is 0.641 bits per heavy atom. The zero-order valence-electron chi connectivity index (χ0n) is 23.9. The third kappa shape index (κ3) is 11.1. The second-order valence-corrected chi connectivity index (χ2v) is 10.6. The van der Waals surface area contributed by atoms with Gasteiger partial charge in [-0.2, -0.15) is 0 Å². The predicted molar refractivity (Wildman–Crippen MR) is 159 cm³/mol. The zero-order valence-corrected chi connectivity index (χ0v) is 23.9. The average molecular weight is 529 g/mol. The topological polar surface area (TPSA) is 52.6 Å². The number of aryl methyl sites for hydroxylation is 2. The van der Waals surface area contributed by atoms with Crippen LogP contribution in [0.4, 0.5) is 0 Å². The molecule has 3 rings (SSSR count). The van der Waals surface area contributed by atoms with Gasteiger partial charge in [-0.15, -0.1) is 0 Å². The summed E-state index contributed by atoms with van der Waals surface area (Å²) in [5, 5.41) is 0. The molecule has 0 aliphatic heterocycles. The van der Waals surface area contributed by atoms with Crippen molar-refractivity contribution in [2.45, 2.75) is 97.5 Å². The van der Waals surface area contributed by atoms with E-state index in [1.807, 2.05) is 38.1 Å². The molecule has 4 heteroatoms. The number of ether oxygens (including phenoxy) is 2. The van der Waals surface area contributed by atoms with Gasteiger partial charge in [0.1, 0.15) is 5.75 Å². The summed E-state index contributed by atoms with van der Waals surface area (Å²) in [5.41, 5.74) is 5.00. The Morgan fingerprint density at radius 2 is 1.15 bits per heavy atom. The largest absolute Gasteiger partial charge is 0.459 e. The van der Waals surface area contributed by atoms with Gasteiger partial charge < -0.3 is 9.47 Å². The van der Waals surface area contributed by atoms with E-state index < -0.39 is 0 Å². The van der Waals surface area contributed by atoms with Crippen LogP contribution in [0.2, 0.25) is 0 Å². The monoisotopic (exact) mass is 528 g/mol. The summed E-state index contributed by atoms with van der Waals surface area (Å²) in [5.74, 6) is -0.0334. The number of esters is 2. The van der Waals surface area contributed by atoms with Crippen molar-refractivity contribution in [1.82, 2.24) is 0 Å². The number of hydrogen-bond acceptors (Lipinski definition) is 4. The molecule has 3 aromatic carbocycles. The molecule has 0 N–H and O–H groups in total. The molecule has 3 aromatic rings. The quantitative estimate of drug-likeness (QED) is 0.106. The molecule has 0 saturated carbocycles. The standard InChI is InChI=1S/C35H44O4/c1-4-5-6-7-8-9-10-11-12-28-13-15-29(16-14-28)17-26-34(36)39-33-24-22-31(23-25-33)30-18-20-32(21-19-30)35(37)38-27(2)3/h13-16,18-25,27H,4-12,17,26H2,1-3H3. The summed E-state index contributed by atoms with van der Waals surface area (Å²) in [6.07, 6.45) is 12.7. The van der Waals surface area contributed by atoms with Crippen molar-refractivity contribution in [2.75, 3.05) is 0 Å². The molecule has 0 aliphatic rings. The summed E-state index contributed by atoms with van der Waals surface area (Å²) < 4.78 is 10.8. The number of carbonyl (C=O) groups is 2. The van der Waals surface area contributed by atoms with E-state index in [0.29, 0.717) is 24.2 Å². The van der Waals surface area contributed by atoms with E-state index >= 15 is 0 Å². The summed E-state index contributed by atoms with van der Waals surface area (Å²) in [7, 11) is 0. The molecular weight excluding hydrogens is 484 g/mol. The highest BCUT2D eigenvalue weighted by Crippen LogP contribution is 2.24. The van der Waals surface area contributed by atoms with Crippen molar-refractivity contribution in [2.24, 2.45) is 0 Å². The maximum atomic E-state index is 12.4. The fourth-order valence-corrected chi connectivity index (χ4v) is 4.56. The molecule has 0 heterocycles. The Kier molecular flexibility index (Phi) is 12.8. The van der Waals surface area contributed by atoms with Crippen LogP contribution in [0.25, 0.3) is 11.1 Å². The van der Waals surface area contributed by atoms with Crippen molar-refractivity contribution in [1.29, 1.82) is 0 Å². The van der Waals surface area contributed by atoms with E-state index in [0.717, 1.165) is 23.1 Å². The van der Waals surface area contributed by atoms with Gasteiger partial charge in [0.25, 0.3) is 0 Å². The van der Waals surface area contributed by atoms with Gasteiger partial charge in [0.2, 0.25) is 0 Å². The number of hydrogen-bond donors (Lipinski definition) is 0. The molecule has 0 unspecified atom stereocenters. The van der Waals surface area contributed by atoms with Crippen molar-refractivity contribution < 1.29 is 19.1 Å². The third-order valence-corrected chi connectivity index (χ3v) is 6.84. The second kappa shape index (κ2) is 16.5. The molecule has 208 valence electrons. The molecule has 0 atom stereocenters. The molecule has 0 aliphatic carbocycles. The maximum Gasteiger partial charge on any atom is 0.338 e. The number of rotatable bonds is 16. The zero-order chi connectivity index (χ0) is 27.9. The summed E-state index contributed by atoms with van der Waals surface area (Å²) in [4.78, 5) is 24.4. The highest BCUT2D eigenvalue weighted by molar-refractivity contribution is 5.90. The summed E-state index contributed by atoms with van der Waals surface area (Å²) in [6.45, 7) is 5.92. The molecule has 0 spiro atoms. The first-order valence-electron chi connectivity index (χ1n) is 14.6. The fraction of sp³-hybridized carbons (Fsp3) is 0.429. The number of carbonyl (C=O) groups excluding carboxylic acids is 2. The number of benzene rings is 3. The molecule has 39 heavy (non-hydrogen) atoms. The van der Waals surface area contributed by atoms with E-state index in [1.165, 1.54) is 56.9 Å².